The number of carbonyl (C=O) groups excluding carboxylic acids is 1. The summed E-state index contributed by atoms with van der Waals surface area (Å²) in [5, 5.41) is 4.50. The molecule has 20 heavy (non-hydrogen) atoms. The lowest BCUT2D eigenvalue weighted by Crippen LogP contribution is -2.32. The monoisotopic (exact) mass is 349 g/mol. The summed E-state index contributed by atoms with van der Waals surface area (Å²) in [7, 11) is 2.83. The van der Waals surface area contributed by atoms with Gasteiger partial charge in [-0.05, 0) is 24.6 Å². The Bertz CT molecular complexity index is 511. The van der Waals surface area contributed by atoms with Gasteiger partial charge in [-0.25, -0.2) is 5.01 Å². The predicted octanol–water partition coefficient (Wildman–Crippen LogP) is 2.79. The van der Waals surface area contributed by atoms with Crippen LogP contribution in [0.1, 0.15) is 5.56 Å². The van der Waals surface area contributed by atoms with Crippen LogP contribution in [0.25, 0.3) is 0 Å². The molecule has 0 aliphatic heterocycles. The molecule has 0 N–H and O–H groups in total. The van der Waals surface area contributed by atoms with E-state index in [0.717, 1.165) is 15.0 Å². The molecule has 0 bridgehead atoms. The number of nitrogens with zero attached hydrogens (tertiary/aromatic N) is 3. The molecule has 1 amide bonds. The first-order chi connectivity index (χ1) is 9.35. The van der Waals surface area contributed by atoms with Gasteiger partial charge in [0.2, 0.25) is 6.41 Å². The van der Waals surface area contributed by atoms with E-state index in [0.29, 0.717) is 12.1 Å². The molecule has 0 atom stereocenters. The first-order valence-electron chi connectivity index (χ1n) is 5.56. The maximum Gasteiger partial charge on any atom is 0.389 e. The Morgan fingerprint density at radius 1 is 1.45 bits per heavy atom. The zero-order valence-electron chi connectivity index (χ0n) is 11.2. The van der Waals surface area contributed by atoms with Crippen molar-refractivity contribution in [2.75, 3.05) is 19.0 Å². The maximum absolute atomic E-state index is 12.4. The third-order valence-corrected chi connectivity index (χ3v) is 3.27. The average Bonchev–Trinajstić information content (AvgIpc) is 2.39. The molecule has 0 spiro atoms. The second-order valence-corrected chi connectivity index (χ2v) is 4.79. The van der Waals surface area contributed by atoms with E-state index in [-0.39, 0.29) is 6.02 Å². The minimum Gasteiger partial charge on any atom is -0.401 e. The lowest BCUT2D eigenvalue weighted by Gasteiger charge is -2.22. The molecular formula is C12H14BrF2N3O2. The predicted molar refractivity (Wildman–Crippen MR) is 75.6 cm³/mol. The van der Waals surface area contributed by atoms with Gasteiger partial charge in [0.05, 0.1) is 0 Å². The topological polar surface area (TPSA) is 45.1 Å². The van der Waals surface area contributed by atoms with Crippen LogP contribution in [0.15, 0.2) is 27.8 Å². The fourth-order valence-corrected chi connectivity index (χ4v) is 1.68. The van der Waals surface area contributed by atoms with Gasteiger partial charge in [0.1, 0.15) is 0 Å². The number of amides is 1. The van der Waals surface area contributed by atoms with Crippen LogP contribution in [0.4, 0.5) is 14.5 Å². The molecule has 0 aliphatic carbocycles. The molecule has 0 fully saturated rings. The van der Waals surface area contributed by atoms with Crippen LogP contribution in [0.3, 0.4) is 0 Å². The van der Waals surface area contributed by atoms with Gasteiger partial charge in [-0.1, -0.05) is 22.0 Å². The molecular weight excluding hydrogens is 336 g/mol. The van der Waals surface area contributed by atoms with Gasteiger partial charge in [0.25, 0.3) is 0 Å². The Balaban J connectivity index is 3.08. The number of hydrazone groups is 1. The number of alkyl halides is 2. The molecule has 0 saturated heterocycles. The molecule has 5 nitrogen and oxygen atoms in total. The van der Waals surface area contributed by atoms with Crippen LogP contribution in [0.2, 0.25) is 0 Å². The number of anilines is 1. The van der Waals surface area contributed by atoms with E-state index in [4.69, 9.17) is 0 Å². The van der Waals surface area contributed by atoms with Crippen molar-refractivity contribution in [1.29, 1.82) is 0 Å². The molecule has 8 heteroatoms. The molecule has 1 rings (SSSR count). The van der Waals surface area contributed by atoms with Crippen LogP contribution in [0.5, 0.6) is 0 Å². The van der Waals surface area contributed by atoms with Crippen LogP contribution in [-0.4, -0.2) is 38.1 Å². The first kappa shape index (κ1) is 16.4. The molecule has 1 aromatic rings. The van der Waals surface area contributed by atoms with Crippen molar-refractivity contribution >= 4 is 34.0 Å². The van der Waals surface area contributed by atoms with Crippen LogP contribution < -0.4 is 4.90 Å². The maximum atomic E-state index is 12.4. The lowest BCUT2D eigenvalue weighted by atomic mass is 10.2. The number of aryl methyl sites for hydroxylation is 1. The quantitative estimate of drug-likeness (QED) is 0.363. The molecule has 0 radical (unpaired) electrons. The average molecular weight is 350 g/mol. The van der Waals surface area contributed by atoms with Crippen molar-refractivity contribution in [2.45, 2.75) is 13.5 Å². The van der Waals surface area contributed by atoms with Crippen molar-refractivity contribution in [2.24, 2.45) is 5.10 Å². The van der Waals surface area contributed by atoms with Crippen molar-refractivity contribution < 1.29 is 18.3 Å². The van der Waals surface area contributed by atoms with Gasteiger partial charge < -0.3 is 4.74 Å². The van der Waals surface area contributed by atoms with Gasteiger partial charge in [-0.15, -0.1) is 5.10 Å². The highest BCUT2D eigenvalue weighted by Crippen LogP contribution is 2.23. The van der Waals surface area contributed by atoms with Gasteiger partial charge in [0, 0.05) is 24.3 Å². The largest absolute Gasteiger partial charge is 0.401 e. The third-order valence-electron chi connectivity index (χ3n) is 2.42. The number of amidine groups is 1. The molecule has 1 aromatic carbocycles. The van der Waals surface area contributed by atoms with Crippen LogP contribution in [-0.2, 0) is 9.53 Å². The summed E-state index contributed by atoms with van der Waals surface area (Å²) in [6, 6.07) is 4.90. The first-order valence-corrected chi connectivity index (χ1v) is 6.36. The Morgan fingerprint density at radius 2 is 2.10 bits per heavy atom. The molecule has 0 aliphatic rings. The number of carbonyl (C=O) groups is 1. The van der Waals surface area contributed by atoms with E-state index in [2.05, 4.69) is 25.8 Å². The fourth-order valence-electron chi connectivity index (χ4n) is 1.31. The minimum absolute atomic E-state index is 0.383. The number of benzene rings is 1. The standard InChI is InChI=1S/C12H14BrF2N3O2/c1-8-4-5-9(6-10(8)13)18(3)12(20-11(14)15)16-17(2)7-19/h4-7,11H,1-3H3/b16-12+. The van der Waals surface area contributed by atoms with E-state index >= 15 is 0 Å². The number of hydrogen-bond donors (Lipinski definition) is 0. The molecule has 0 heterocycles. The summed E-state index contributed by atoms with van der Waals surface area (Å²) in [5.41, 5.74) is 1.58. The van der Waals surface area contributed by atoms with Crippen molar-refractivity contribution in [3.63, 3.8) is 0 Å². The summed E-state index contributed by atoms with van der Waals surface area (Å²) in [6.07, 6.45) is 0.383. The zero-order valence-corrected chi connectivity index (χ0v) is 12.8. The summed E-state index contributed by atoms with van der Waals surface area (Å²) < 4.78 is 30.0. The second kappa shape index (κ2) is 7.18. The highest BCUT2D eigenvalue weighted by atomic mass is 79.9. The fraction of sp³-hybridized carbons (Fsp3) is 0.333. The van der Waals surface area contributed by atoms with E-state index in [1.54, 1.807) is 12.1 Å². The number of ether oxygens (including phenoxy) is 1. The van der Waals surface area contributed by atoms with Crippen LogP contribution >= 0.6 is 15.9 Å². The van der Waals surface area contributed by atoms with Crippen LogP contribution in [0, 0.1) is 6.92 Å². The van der Waals surface area contributed by atoms with E-state index in [9.17, 15) is 13.6 Å². The van der Waals surface area contributed by atoms with Gasteiger partial charge >= 0.3 is 12.6 Å². The molecule has 0 unspecified atom stereocenters. The Morgan fingerprint density at radius 3 is 2.60 bits per heavy atom. The highest BCUT2D eigenvalue weighted by molar-refractivity contribution is 9.10. The third kappa shape index (κ3) is 4.44. The number of rotatable bonds is 4. The molecule has 0 aromatic heterocycles. The summed E-state index contributed by atoms with van der Waals surface area (Å²) in [5.74, 6) is 0. The SMILES string of the molecule is Cc1ccc(N(C)/C(=N\N(C)C=O)OC(F)F)cc1Br. The van der Waals surface area contributed by atoms with Crippen molar-refractivity contribution in [3.05, 3.63) is 28.2 Å². The van der Waals surface area contributed by atoms with E-state index in [1.807, 2.05) is 13.0 Å². The lowest BCUT2D eigenvalue weighted by molar-refractivity contribution is -0.117. The summed E-state index contributed by atoms with van der Waals surface area (Å²) >= 11 is 3.36. The Kier molecular flexibility index (Phi) is 5.87. The van der Waals surface area contributed by atoms with Gasteiger partial charge in [-0.3, -0.25) is 9.69 Å². The highest BCUT2D eigenvalue weighted by Gasteiger charge is 2.17. The van der Waals surface area contributed by atoms with Crippen molar-refractivity contribution in [1.82, 2.24) is 5.01 Å². The second-order valence-electron chi connectivity index (χ2n) is 3.93. The minimum atomic E-state index is -3.04. The number of hydrogen-bond acceptors (Lipinski definition) is 3. The Labute approximate surface area is 123 Å². The van der Waals surface area contributed by atoms with Gasteiger partial charge in [0.15, 0.2) is 0 Å². The van der Waals surface area contributed by atoms with Crippen molar-refractivity contribution in [3.8, 4) is 0 Å². The molecule has 110 valence electrons. The zero-order chi connectivity index (χ0) is 15.3. The van der Waals surface area contributed by atoms with E-state index < -0.39 is 6.61 Å². The summed E-state index contributed by atoms with van der Waals surface area (Å²) in [6.45, 7) is -1.14. The van der Waals surface area contributed by atoms with Gasteiger partial charge in [-0.2, -0.15) is 8.78 Å². The molecule has 0 saturated carbocycles. The normalized spacial score (nSPS) is 11.4. The van der Waals surface area contributed by atoms with E-state index in [1.165, 1.54) is 19.0 Å². The number of halogens is 3. The Hall–Kier alpha value is -1.70. The summed E-state index contributed by atoms with van der Waals surface area (Å²) in [4.78, 5) is 11.8. The smallest absolute Gasteiger partial charge is 0.389 e.